The molecule has 1 aliphatic rings. The van der Waals surface area contributed by atoms with Gasteiger partial charge in [-0.15, -0.1) is 0 Å². The topological polar surface area (TPSA) is 50.2 Å². The Morgan fingerprint density at radius 2 is 2.04 bits per heavy atom. The number of carbonyl (C=O) groups excluding carboxylic acids is 1. The maximum atomic E-state index is 11.4. The number of benzene rings is 1. The van der Waals surface area contributed by atoms with Crippen molar-refractivity contribution in [2.24, 2.45) is 0 Å². The van der Waals surface area contributed by atoms with Crippen molar-refractivity contribution in [1.82, 2.24) is 20.0 Å². The molecular weight excluding hydrogens is 324 g/mol. The lowest BCUT2D eigenvalue weighted by Gasteiger charge is -2.28. The van der Waals surface area contributed by atoms with Gasteiger partial charge in [-0.25, -0.2) is 0 Å². The molecule has 1 amide bonds. The Kier molecular flexibility index (Phi) is 6.23. The Bertz CT molecular complexity index is 764. The van der Waals surface area contributed by atoms with Gasteiger partial charge in [0.15, 0.2) is 0 Å². The van der Waals surface area contributed by atoms with Crippen molar-refractivity contribution in [2.45, 2.75) is 46.3 Å². The van der Waals surface area contributed by atoms with Gasteiger partial charge in [-0.1, -0.05) is 50.3 Å². The van der Waals surface area contributed by atoms with Crippen molar-refractivity contribution in [1.29, 1.82) is 0 Å². The summed E-state index contributed by atoms with van der Waals surface area (Å²) in [6.45, 7) is 8.28. The molecule has 1 N–H and O–H groups in total. The second-order valence-corrected chi connectivity index (χ2v) is 6.69. The fraction of sp³-hybridized carbons (Fsp3) is 0.429. The number of hydrogen-bond acceptors (Lipinski definition) is 3. The Hall–Kier alpha value is -2.40. The molecule has 1 aromatic carbocycles. The number of amides is 1. The molecule has 1 aromatic heterocycles. The van der Waals surface area contributed by atoms with Crippen molar-refractivity contribution in [3.8, 4) is 0 Å². The SMILES string of the molecule is CC/C=C(/CN1CCn2nc(CNC(=O)CC)cc2C1)c1ccccc1. The van der Waals surface area contributed by atoms with Crippen LogP contribution in [0.4, 0.5) is 0 Å². The number of rotatable bonds is 7. The van der Waals surface area contributed by atoms with Crippen LogP contribution >= 0.6 is 0 Å². The molecule has 5 heteroatoms. The van der Waals surface area contributed by atoms with E-state index in [1.165, 1.54) is 16.8 Å². The molecule has 0 saturated carbocycles. The summed E-state index contributed by atoms with van der Waals surface area (Å²) < 4.78 is 2.08. The van der Waals surface area contributed by atoms with E-state index in [1.807, 2.05) is 6.92 Å². The summed E-state index contributed by atoms with van der Waals surface area (Å²) in [6, 6.07) is 12.7. The lowest BCUT2D eigenvalue weighted by molar-refractivity contribution is -0.120. The first kappa shape index (κ1) is 18.4. The highest BCUT2D eigenvalue weighted by molar-refractivity contribution is 5.75. The highest BCUT2D eigenvalue weighted by atomic mass is 16.1. The van der Waals surface area contributed by atoms with Crippen LogP contribution in [-0.2, 0) is 24.4 Å². The molecule has 3 rings (SSSR count). The number of carbonyl (C=O) groups is 1. The third-order valence-electron chi connectivity index (χ3n) is 4.70. The third-order valence-corrected chi connectivity index (χ3v) is 4.70. The fourth-order valence-electron chi connectivity index (χ4n) is 3.33. The van der Waals surface area contributed by atoms with E-state index in [1.54, 1.807) is 0 Å². The summed E-state index contributed by atoms with van der Waals surface area (Å²) in [7, 11) is 0. The molecule has 0 radical (unpaired) electrons. The summed E-state index contributed by atoms with van der Waals surface area (Å²) >= 11 is 0. The molecule has 1 aliphatic heterocycles. The quantitative estimate of drug-likeness (QED) is 0.832. The highest BCUT2D eigenvalue weighted by Gasteiger charge is 2.19. The molecule has 2 heterocycles. The number of allylic oxidation sites excluding steroid dienone is 1. The van der Waals surface area contributed by atoms with Gasteiger partial charge in [-0.3, -0.25) is 14.4 Å². The minimum absolute atomic E-state index is 0.0646. The third kappa shape index (κ3) is 4.61. The van der Waals surface area contributed by atoms with Gasteiger partial charge in [-0.05, 0) is 23.6 Å². The van der Waals surface area contributed by atoms with Crippen LogP contribution in [0.2, 0.25) is 0 Å². The maximum Gasteiger partial charge on any atom is 0.220 e. The summed E-state index contributed by atoms with van der Waals surface area (Å²) in [5, 5.41) is 7.53. The van der Waals surface area contributed by atoms with Gasteiger partial charge in [0.05, 0.1) is 24.5 Å². The first-order valence-electron chi connectivity index (χ1n) is 9.48. The maximum absolute atomic E-state index is 11.4. The molecule has 26 heavy (non-hydrogen) atoms. The molecule has 0 unspecified atom stereocenters. The molecule has 0 atom stereocenters. The molecule has 0 fully saturated rings. The number of fused-ring (bicyclic) bond motifs is 1. The molecule has 0 bridgehead atoms. The summed E-state index contributed by atoms with van der Waals surface area (Å²) in [6.07, 6.45) is 3.87. The van der Waals surface area contributed by atoms with Crippen LogP contribution in [-0.4, -0.2) is 33.7 Å². The van der Waals surface area contributed by atoms with Crippen molar-refractivity contribution in [3.05, 3.63) is 59.4 Å². The minimum Gasteiger partial charge on any atom is -0.350 e. The smallest absolute Gasteiger partial charge is 0.220 e. The summed E-state index contributed by atoms with van der Waals surface area (Å²) in [5.41, 5.74) is 4.85. The van der Waals surface area contributed by atoms with Crippen molar-refractivity contribution in [3.63, 3.8) is 0 Å². The van der Waals surface area contributed by atoms with E-state index in [0.29, 0.717) is 13.0 Å². The Morgan fingerprint density at radius 1 is 1.23 bits per heavy atom. The van der Waals surface area contributed by atoms with Gasteiger partial charge in [0, 0.05) is 26.1 Å². The molecule has 5 nitrogen and oxygen atoms in total. The molecular formula is C21H28N4O. The standard InChI is InChI=1S/C21H28N4O/c1-3-8-18(17-9-6-5-7-10-17)15-24-11-12-25-20(16-24)13-19(23-25)14-22-21(26)4-2/h5-10,13H,3-4,11-12,14-16H2,1-2H3,(H,22,26)/b18-8-. The van der Waals surface area contributed by atoms with E-state index in [2.05, 4.69) is 69.4 Å². The van der Waals surface area contributed by atoms with E-state index in [0.717, 1.165) is 38.3 Å². The first-order valence-corrected chi connectivity index (χ1v) is 9.48. The lowest BCUT2D eigenvalue weighted by atomic mass is 10.0. The lowest BCUT2D eigenvalue weighted by Crippen LogP contribution is -2.34. The minimum atomic E-state index is 0.0646. The number of hydrogen-bond donors (Lipinski definition) is 1. The summed E-state index contributed by atoms with van der Waals surface area (Å²) in [4.78, 5) is 13.9. The zero-order chi connectivity index (χ0) is 18.4. The van der Waals surface area contributed by atoms with Crippen LogP contribution in [0.5, 0.6) is 0 Å². The molecule has 138 valence electrons. The van der Waals surface area contributed by atoms with E-state index < -0.39 is 0 Å². The van der Waals surface area contributed by atoms with Gasteiger partial charge >= 0.3 is 0 Å². The largest absolute Gasteiger partial charge is 0.350 e. The number of aromatic nitrogens is 2. The van der Waals surface area contributed by atoms with Crippen LogP contribution < -0.4 is 5.32 Å². The van der Waals surface area contributed by atoms with Crippen molar-refractivity contribution in [2.75, 3.05) is 13.1 Å². The predicted octanol–water partition coefficient (Wildman–Crippen LogP) is 3.22. The van der Waals surface area contributed by atoms with E-state index in [9.17, 15) is 4.79 Å². The Labute approximate surface area is 155 Å². The first-order chi connectivity index (χ1) is 12.7. The van der Waals surface area contributed by atoms with Gasteiger partial charge < -0.3 is 5.32 Å². The normalized spacial score (nSPS) is 14.9. The van der Waals surface area contributed by atoms with Crippen LogP contribution in [0.25, 0.3) is 5.57 Å². The molecule has 0 saturated heterocycles. The van der Waals surface area contributed by atoms with E-state index in [-0.39, 0.29) is 5.91 Å². The van der Waals surface area contributed by atoms with Crippen LogP contribution in [0.3, 0.4) is 0 Å². The van der Waals surface area contributed by atoms with Crippen LogP contribution in [0.1, 0.15) is 43.6 Å². The van der Waals surface area contributed by atoms with Crippen molar-refractivity contribution < 1.29 is 4.79 Å². The van der Waals surface area contributed by atoms with Crippen molar-refractivity contribution >= 4 is 11.5 Å². The second-order valence-electron chi connectivity index (χ2n) is 6.69. The van der Waals surface area contributed by atoms with Gasteiger partial charge in [0.2, 0.25) is 5.91 Å². The van der Waals surface area contributed by atoms with E-state index >= 15 is 0 Å². The average molecular weight is 352 g/mol. The van der Waals surface area contributed by atoms with E-state index in [4.69, 9.17) is 0 Å². The second kappa shape index (κ2) is 8.81. The van der Waals surface area contributed by atoms with Crippen LogP contribution in [0, 0.1) is 0 Å². The highest BCUT2D eigenvalue weighted by Crippen LogP contribution is 2.20. The molecule has 0 aliphatic carbocycles. The zero-order valence-electron chi connectivity index (χ0n) is 15.7. The zero-order valence-corrected chi connectivity index (χ0v) is 15.7. The van der Waals surface area contributed by atoms with Crippen LogP contribution in [0.15, 0.2) is 42.5 Å². The number of nitrogens with one attached hydrogen (secondary N) is 1. The van der Waals surface area contributed by atoms with Gasteiger partial charge in [-0.2, -0.15) is 5.10 Å². The monoisotopic (exact) mass is 352 g/mol. The predicted molar refractivity (Wildman–Crippen MR) is 104 cm³/mol. The van der Waals surface area contributed by atoms with Gasteiger partial charge in [0.1, 0.15) is 0 Å². The molecule has 0 spiro atoms. The Balaban J connectivity index is 1.65. The molecule has 2 aromatic rings. The fourth-order valence-corrected chi connectivity index (χ4v) is 3.33. The Morgan fingerprint density at radius 3 is 2.77 bits per heavy atom. The van der Waals surface area contributed by atoms with Gasteiger partial charge in [0.25, 0.3) is 0 Å². The summed E-state index contributed by atoms with van der Waals surface area (Å²) in [5.74, 6) is 0.0646. The number of nitrogens with zero attached hydrogens (tertiary/aromatic N) is 3. The average Bonchev–Trinajstić information content (AvgIpc) is 3.08.